The Morgan fingerprint density at radius 2 is 1.56 bits per heavy atom. The van der Waals surface area contributed by atoms with Crippen molar-refractivity contribution in [2.45, 2.75) is 59.1 Å². The maximum Gasteiger partial charge on any atom is 0.407 e. The lowest BCUT2D eigenvalue weighted by Gasteiger charge is -2.20. The standard InChI is InChI=1S/C20H30N2O5/c1-19(2,3)22-17(24)14-7-9-16(10-8-14)26-13-15(23)11-12-21-18(25)27-20(4,5)6/h7-10H,11-13H2,1-6H3,(H,21,25)(H,22,24). The average molecular weight is 378 g/mol. The van der Waals surface area contributed by atoms with Crippen LogP contribution in [0.25, 0.3) is 0 Å². The Bertz CT molecular complexity index is 654. The third-order valence-corrected chi connectivity index (χ3v) is 3.08. The van der Waals surface area contributed by atoms with Crippen LogP contribution in [0.2, 0.25) is 0 Å². The fraction of sp³-hybridized carbons (Fsp3) is 0.550. The first kappa shape index (κ1) is 22.5. The molecule has 0 saturated carbocycles. The summed E-state index contributed by atoms with van der Waals surface area (Å²) < 4.78 is 10.5. The molecule has 7 heteroatoms. The van der Waals surface area contributed by atoms with Crippen LogP contribution >= 0.6 is 0 Å². The topological polar surface area (TPSA) is 93.7 Å². The number of carbonyl (C=O) groups is 3. The van der Waals surface area contributed by atoms with Gasteiger partial charge in [-0.2, -0.15) is 0 Å². The first-order valence-electron chi connectivity index (χ1n) is 8.90. The van der Waals surface area contributed by atoms with Crippen LogP contribution in [0.4, 0.5) is 4.79 Å². The normalized spacial score (nSPS) is 11.5. The molecule has 0 heterocycles. The van der Waals surface area contributed by atoms with E-state index in [4.69, 9.17) is 9.47 Å². The predicted octanol–water partition coefficient (Wildman–Crippen LogP) is 3.08. The highest BCUT2D eigenvalue weighted by molar-refractivity contribution is 5.94. The Morgan fingerprint density at radius 1 is 0.963 bits per heavy atom. The van der Waals surface area contributed by atoms with E-state index in [-0.39, 0.29) is 36.8 Å². The van der Waals surface area contributed by atoms with Crippen LogP contribution in [0.15, 0.2) is 24.3 Å². The second-order valence-electron chi connectivity index (χ2n) is 8.23. The molecule has 0 aliphatic carbocycles. The van der Waals surface area contributed by atoms with Gasteiger partial charge in [-0.1, -0.05) is 0 Å². The van der Waals surface area contributed by atoms with Gasteiger partial charge in [0.05, 0.1) is 0 Å². The van der Waals surface area contributed by atoms with Gasteiger partial charge in [-0.15, -0.1) is 0 Å². The minimum Gasteiger partial charge on any atom is -0.486 e. The summed E-state index contributed by atoms with van der Waals surface area (Å²) >= 11 is 0. The molecule has 1 rings (SSSR count). The zero-order valence-electron chi connectivity index (χ0n) is 17.0. The number of amides is 2. The highest BCUT2D eigenvalue weighted by Gasteiger charge is 2.16. The van der Waals surface area contributed by atoms with E-state index in [1.807, 2.05) is 20.8 Å². The molecular weight excluding hydrogens is 348 g/mol. The molecule has 0 aliphatic heterocycles. The van der Waals surface area contributed by atoms with E-state index >= 15 is 0 Å². The number of ketones is 1. The number of carbonyl (C=O) groups excluding carboxylic acids is 3. The van der Waals surface area contributed by atoms with Gasteiger partial charge >= 0.3 is 6.09 Å². The molecule has 0 spiro atoms. The van der Waals surface area contributed by atoms with Crippen LogP contribution in [-0.4, -0.2) is 42.1 Å². The summed E-state index contributed by atoms with van der Waals surface area (Å²) in [6.45, 7) is 11.1. The third-order valence-electron chi connectivity index (χ3n) is 3.08. The number of ether oxygens (including phenoxy) is 2. The van der Waals surface area contributed by atoms with Crippen molar-refractivity contribution in [1.29, 1.82) is 0 Å². The largest absolute Gasteiger partial charge is 0.486 e. The van der Waals surface area contributed by atoms with E-state index < -0.39 is 11.7 Å². The molecule has 0 aromatic heterocycles. The van der Waals surface area contributed by atoms with Crippen molar-refractivity contribution in [3.8, 4) is 5.75 Å². The third kappa shape index (κ3) is 10.2. The monoisotopic (exact) mass is 378 g/mol. The Labute approximate surface area is 160 Å². The molecule has 1 aromatic carbocycles. The van der Waals surface area contributed by atoms with Gasteiger partial charge in [0.15, 0.2) is 5.78 Å². The molecule has 27 heavy (non-hydrogen) atoms. The molecule has 0 saturated heterocycles. The van der Waals surface area contributed by atoms with Gasteiger partial charge in [0.25, 0.3) is 5.91 Å². The van der Waals surface area contributed by atoms with Crippen molar-refractivity contribution in [1.82, 2.24) is 10.6 Å². The minimum absolute atomic E-state index is 0.108. The number of rotatable bonds is 7. The summed E-state index contributed by atoms with van der Waals surface area (Å²) in [5.74, 6) is 0.176. The van der Waals surface area contributed by atoms with Crippen molar-refractivity contribution < 1.29 is 23.9 Å². The smallest absolute Gasteiger partial charge is 0.407 e. The Balaban J connectivity index is 2.36. The number of alkyl carbamates (subject to hydrolysis) is 1. The fourth-order valence-corrected chi connectivity index (χ4v) is 1.97. The molecule has 150 valence electrons. The molecule has 0 unspecified atom stereocenters. The van der Waals surface area contributed by atoms with Crippen molar-refractivity contribution >= 4 is 17.8 Å². The molecule has 7 nitrogen and oxygen atoms in total. The molecule has 2 N–H and O–H groups in total. The molecule has 0 atom stereocenters. The maximum absolute atomic E-state index is 12.0. The Morgan fingerprint density at radius 3 is 2.07 bits per heavy atom. The zero-order chi connectivity index (χ0) is 20.7. The quantitative estimate of drug-likeness (QED) is 0.760. The van der Waals surface area contributed by atoms with Gasteiger partial charge in [-0.05, 0) is 65.8 Å². The molecule has 1 aromatic rings. The van der Waals surface area contributed by atoms with Crippen LogP contribution in [0.1, 0.15) is 58.3 Å². The molecular formula is C20H30N2O5. The van der Waals surface area contributed by atoms with Gasteiger partial charge in [0.1, 0.15) is 18.0 Å². The van der Waals surface area contributed by atoms with Crippen LogP contribution in [0, 0.1) is 0 Å². The lowest BCUT2D eigenvalue weighted by molar-refractivity contribution is -0.120. The van der Waals surface area contributed by atoms with Crippen LogP contribution in [0.3, 0.4) is 0 Å². The second kappa shape index (κ2) is 9.39. The van der Waals surface area contributed by atoms with Gasteiger partial charge in [-0.25, -0.2) is 4.79 Å². The SMILES string of the molecule is CC(C)(C)NC(=O)c1ccc(OCC(=O)CCNC(=O)OC(C)(C)C)cc1. The summed E-state index contributed by atoms with van der Waals surface area (Å²) in [4.78, 5) is 35.4. The fourth-order valence-electron chi connectivity index (χ4n) is 1.97. The van der Waals surface area contributed by atoms with Crippen molar-refractivity contribution in [3.63, 3.8) is 0 Å². The zero-order valence-corrected chi connectivity index (χ0v) is 17.0. The van der Waals surface area contributed by atoms with Crippen molar-refractivity contribution in [2.24, 2.45) is 0 Å². The molecule has 0 radical (unpaired) electrons. The highest BCUT2D eigenvalue weighted by atomic mass is 16.6. The van der Waals surface area contributed by atoms with E-state index in [1.165, 1.54) is 0 Å². The molecule has 0 bridgehead atoms. The van der Waals surface area contributed by atoms with Crippen molar-refractivity contribution in [3.05, 3.63) is 29.8 Å². The Kier molecular flexibility index (Phi) is 7.82. The van der Waals surface area contributed by atoms with Gasteiger partial charge in [0, 0.05) is 24.1 Å². The van der Waals surface area contributed by atoms with E-state index in [2.05, 4.69) is 10.6 Å². The number of hydrogen-bond acceptors (Lipinski definition) is 5. The molecule has 0 fully saturated rings. The molecule has 0 aliphatic rings. The number of benzene rings is 1. The maximum atomic E-state index is 12.0. The van der Waals surface area contributed by atoms with Crippen LogP contribution in [0.5, 0.6) is 5.75 Å². The Hall–Kier alpha value is -2.57. The van der Waals surface area contributed by atoms with Gasteiger partial charge in [0.2, 0.25) is 0 Å². The van der Waals surface area contributed by atoms with E-state index in [9.17, 15) is 14.4 Å². The predicted molar refractivity (Wildman–Crippen MR) is 103 cm³/mol. The summed E-state index contributed by atoms with van der Waals surface area (Å²) in [5.41, 5.74) is -0.371. The summed E-state index contributed by atoms with van der Waals surface area (Å²) in [7, 11) is 0. The average Bonchev–Trinajstić information content (AvgIpc) is 2.50. The highest BCUT2D eigenvalue weighted by Crippen LogP contribution is 2.13. The first-order valence-corrected chi connectivity index (χ1v) is 8.90. The van der Waals surface area contributed by atoms with E-state index in [0.717, 1.165) is 0 Å². The second-order valence-corrected chi connectivity index (χ2v) is 8.23. The lowest BCUT2D eigenvalue weighted by Crippen LogP contribution is -2.40. The first-order chi connectivity index (χ1) is 12.4. The summed E-state index contributed by atoms with van der Waals surface area (Å²) in [6.07, 6.45) is -0.411. The summed E-state index contributed by atoms with van der Waals surface area (Å²) in [6, 6.07) is 6.57. The van der Waals surface area contributed by atoms with Crippen molar-refractivity contribution in [2.75, 3.05) is 13.2 Å². The van der Waals surface area contributed by atoms with Crippen LogP contribution < -0.4 is 15.4 Å². The minimum atomic E-state index is -0.576. The number of nitrogens with one attached hydrogen (secondary N) is 2. The lowest BCUT2D eigenvalue weighted by atomic mass is 10.1. The number of hydrogen-bond donors (Lipinski definition) is 2. The number of Topliss-reactive ketones (excluding diaryl/α,β-unsaturated/α-hetero) is 1. The van der Waals surface area contributed by atoms with Gasteiger partial charge < -0.3 is 20.1 Å². The van der Waals surface area contributed by atoms with E-state index in [0.29, 0.717) is 11.3 Å². The van der Waals surface area contributed by atoms with Crippen LogP contribution in [-0.2, 0) is 9.53 Å². The molecule has 2 amide bonds. The van der Waals surface area contributed by atoms with Gasteiger partial charge in [-0.3, -0.25) is 9.59 Å². The van der Waals surface area contributed by atoms with E-state index in [1.54, 1.807) is 45.0 Å². The summed E-state index contributed by atoms with van der Waals surface area (Å²) in [5, 5.41) is 5.40.